The molecule has 2 aromatic rings. The molecule has 5 nitrogen and oxygen atoms in total. The fraction of sp³-hybridized carbons (Fsp3) is 0.409. The number of likely N-dealkylation sites (tertiary alicyclic amines) is 1. The van der Waals surface area contributed by atoms with E-state index in [2.05, 4.69) is 50.4 Å². The number of ether oxygens (including phenoxy) is 1. The molecule has 1 N–H and O–H groups in total. The van der Waals surface area contributed by atoms with Gasteiger partial charge >= 0.3 is 0 Å². The standard InChI is InChI=1S/C22H27FN4O.HI/c1-24-22(25-13-17-7-9-19(23)10-8-17)27-15-20-21(16-27)28-12-11-26(20)14-18-5-3-2-4-6-18;/h2-10,20-21H,11-16H2,1H3,(H,24,25);1H. The molecule has 0 aliphatic carbocycles. The van der Waals surface area contributed by atoms with Crippen LogP contribution in [0.5, 0.6) is 0 Å². The van der Waals surface area contributed by atoms with Gasteiger partial charge in [0.15, 0.2) is 5.96 Å². The number of aliphatic imine (C=N–C) groups is 1. The summed E-state index contributed by atoms with van der Waals surface area (Å²) in [5.41, 5.74) is 2.36. The Labute approximate surface area is 189 Å². The van der Waals surface area contributed by atoms with E-state index in [-0.39, 0.29) is 35.9 Å². The van der Waals surface area contributed by atoms with Gasteiger partial charge in [0.2, 0.25) is 0 Å². The topological polar surface area (TPSA) is 40.1 Å². The average Bonchev–Trinajstić information content (AvgIpc) is 3.16. The molecule has 4 rings (SSSR count). The Balaban J connectivity index is 0.00000240. The lowest BCUT2D eigenvalue weighted by molar-refractivity contribution is -0.0502. The maximum atomic E-state index is 13.1. The summed E-state index contributed by atoms with van der Waals surface area (Å²) in [5, 5.41) is 3.40. The number of hydrogen-bond donors (Lipinski definition) is 1. The van der Waals surface area contributed by atoms with Crippen molar-refractivity contribution in [3.05, 3.63) is 71.5 Å². The molecule has 7 heteroatoms. The zero-order valence-electron chi connectivity index (χ0n) is 16.6. The lowest BCUT2D eigenvalue weighted by atomic mass is 10.1. The van der Waals surface area contributed by atoms with Crippen LogP contribution in [-0.4, -0.2) is 61.2 Å². The quantitative estimate of drug-likeness (QED) is 0.390. The van der Waals surface area contributed by atoms with E-state index >= 15 is 0 Å². The van der Waals surface area contributed by atoms with Crippen molar-refractivity contribution in [1.29, 1.82) is 0 Å². The fourth-order valence-corrected chi connectivity index (χ4v) is 4.06. The van der Waals surface area contributed by atoms with Gasteiger partial charge in [0.1, 0.15) is 5.82 Å². The van der Waals surface area contributed by atoms with Gasteiger partial charge in [-0.05, 0) is 23.3 Å². The van der Waals surface area contributed by atoms with Crippen molar-refractivity contribution < 1.29 is 9.13 Å². The first-order valence-electron chi connectivity index (χ1n) is 9.82. The molecule has 2 aliphatic heterocycles. The minimum Gasteiger partial charge on any atom is -0.373 e. The number of nitrogens with zero attached hydrogens (tertiary/aromatic N) is 3. The fourth-order valence-electron chi connectivity index (χ4n) is 4.06. The third kappa shape index (κ3) is 5.46. The summed E-state index contributed by atoms with van der Waals surface area (Å²) in [6.07, 6.45) is 0.196. The largest absolute Gasteiger partial charge is 0.373 e. The van der Waals surface area contributed by atoms with Gasteiger partial charge in [0.05, 0.1) is 18.8 Å². The van der Waals surface area contributed by atoms with Crippen molar-refractivity contribution in [3.8, 4) is 0 Å². The van der Waals surface area contributed by atoms with E-state index in [1.54, 1.807) is 19.2 Å². The van der Waals surface area contributed by atoms with Crippen LogP contribution in [0.3, 0.4) is 0 Å². The summed E-state index contributed by atoms with van der Waals surface area (Å²) in [5.74, 6) is 0.648. The van der Waals surface area contributed by atoms with Crippen LogP contribution < -0.4 is 5.32 Å². The zero-order valence-corrected chi connectivity index (χ0v) is 19.0. The summed E-state index contributed by atoms with van der Waals surface area (Å²) in [6.45, 7) is 5.00. The van der Waals surface area contributed by atoms with Gasteiger partial charge in [-0.25, -0.2) is 4.39 Å². The molecule has 0 aromatic heterocycles. The van der Waals surface area contributed by atoms with E-state index in [1.807, 2.05) is 0 Å². The first-order valence-corrected chi connectivity index (χ1v) is 9.82. The molecule has 2 saturated heterocycles. The molecule has 2 atom stereocenters. The summed E-state index contributed by atoms with van der Waals surface area (Å²) >= 11 is 0. The summed E-state index contributed by atoms with van der Waals surface area (Å²) < 4.78 is 19.2. The van der Waals surface area contributed by atoms with Crippen LogP contribution in [0.4, 0.5) is 4.39 Å². The number of fused-ring (bicyclic) bond motifs is 1. The Morgan fingerprint density at radius 1 is 1.10 bits per heavy atom. The molecule has 156 valence electrons. The van der Waals surface area contributed by atoms with Crippen molar-refractivity contribution in [2.75, 3.05) is 33.3 Å². The molecule has 2 unspecified atom stereocenters. The van der Waals surface area contributed by atoms with Gasteiger partial charge < -0.3 is 15.0 Å². The van der Waals surface area contributed by atoms with E-state index < -0.39 is 0 Å². The van der Waals surface area contributed by atoms with Crippen molar-refractivity contribution >= 4 is 29.9 Å². The Bertz CT molecular complexity index is 802. The second-order valence-electron chi connectivity index (χ2n) is 7.36. The molecule has 0 amide bonds. The number of benzene rings is 2. The Morgan fingerprint density at radius 3 is 2.59 bits per heavy atom. The van der Waals surface area contributed by atoms with Gasteiger partial charge in [-0.3, -0.25) is 9.89 Å². The number of halogens is 2. The maximum Gasteiger partial charge on any atom is 0.194 e. The monoisotopic (exact) mass is 510 g/mol. The second kappa shape index (κ2) is 10.4. The van der Waals surface area contributed by atoms with E-state index in [1.165, 1.54) is 17.7 Å². The van der Waals surface area contributed by atoms with E-state index in [4.69, 9.17) is 4.74 Å². The highest BCUT2D eigenvalue weighted by molar-refractivity contribution is 14.0. The van der Waals surface area contributed by atoms with Crippen molar-refractivity contribution in [2.45, 2.75) is 25.2 Å². The zero-order chi connectivity index (χ0) is 19.3. The van der Waals surface area contributed by atoms with Crippen LogP contribution in [-0.2, 0) is 17.8 Å². The minimum atomic E-state index is -0.215. The van der Waals surface area contributed by atoms with Crippen LogP contribution in [0, 0.1) is 5.82 Å². The molecule has 0 radical (unpaired) electrons. The van der Waals surface area contributed by atoms with Crippen molar-refractivity contribution in [3.63, 3.8) is 0 Å². The lowest BCUT2D eigenvalue weighted by Crippen LogP contribution is -2.50. The highest BCUT2D eigenvalue weighted by Gasteiger charge is 2.41. The van der Waals surface area contributed by atoms with Crippen molar-refractivity contribution in [1.82, 2.24) is 15.1 Å². The van der Waals surface area contributed by atoms with E-state index in [0.717, 1.165) is 44.3 Å². The van der Waals surface area contributed by atoms with Gasteiger partial charge in [-0.2, -0.15) is 0 Å². The van der Waals surface area contributed by atoms with E-state index in [9.17, 15) is 4.39 Å². The molecular weight excluding hydrogens is 482 g/mol. The predicted molar refractivity (Wildman–Crippen MR) is 124 cm³/mol. The minimum absolute atomic E-state index is 0. The third-order valence-electron chi connectivity index (χ3n) is 5.52. The molecule has 0 saturated carbocycles. The molecule has 2 aromatic carbocycles. The van der Waals surface area contributed by atoms with E-state index in [0.29, 0.717) is 12.6 Å². The molecule has 2 fully saturated rings. The van der Waals surface area contributed by atoms with Crippen LogP contribution in [0.2, 0.25) is 0 Å². The van der Waals surface area contributed by atoms with Crippen LogP contribution >= 0.6 is 24.0 Å². The molecule has 0 spiro atoms. The molecular formula is C22H28FIN4O. The van der Waals surface area contributed by atoms with Crippen LogP contribution in [0.1, 0.15) is 11.1 Å². The molecule has 0 bridgehead atoms. The highest BCUT2D eigenvalue weighted by Crippen LogP contribution is 2.24. The number of rotatable bonds is 4. The van der Waals surface area contributed by atoms with Crippen molar-refractivity contribution in [2.24, 2.45) is 4.99 Å². The molecule has 2 aliphatic rings. The summed E-state index contributed by atoms with van der Waals surface area (Å²) in [6, 6.07) is 17.5. The summed E-state index contributed by atoms with van der Waals surface area (Å²) in [7, 11) is 1.80. The summed E-state index contributed by atoms with van der Waals surface area (Å²) in [4.78, 5) is 9.24. The smallest absolute Gasteiger partial charge is 0.194 e. The maximum absolute atomic E-state index is 13.1. The molecule has 2 heterocycles. The first-order chi connectivity index (χ1) is 13.7. The Kier molecular flexibility index (Phi) is 7.85. The number of hydrogen-bond acceptors (Lipinski definition) is 3. The van der Waals surface area contributed by atoms with Gasteiger partial charge in [-0.1, -0.05) is 42.5 Å². The highest BCUT2D eigenvalue weighted by atomic mass is 127. The first kappa shape index (κ1) is 22.0. The van der Waals surface area contributed by atoms with Crippen LogP contribution in [0.15, 0.2) is 59.6 Å². The number of morpholine rings is 1. The van der Waals surface area contributed by atoms with Gasteiger partial charge in [-0.15, -0.1) is 24.0 Å². The van der Waals surface area contributed by atoms with Gasteiger partial charge in [0.25, 0.3) is 0 Å². The Hall–Kier alpha value is -1.71. The molecule has 29 heavy (non-hydrogen) atoms. The number of guanidine groups is 1. The Morgan fingerprint density at radius 2 is 1.86 bits per heavy atom. The predicted octanol–water partition coefficient (Wildman–Crippen LogP) is 3.10. The SMILES string of the molecule is CN=C(NCc1ccc(F)cc1)N1CC2OCCN(Cc3ccccc3)C2C1.I. The lowest BCUT2D eigenvalue weighted by Gasteiger charge is -2.36. The normalized spacial score (nSPS) is 22.1. The average molecular weight is 510 g/mol. The second-order valence-corrected chi connectivity index (χ2v) is 7.36. The number of nitrogens with one attached hydrogen (secondary N) is 1. The van der Waals surface area contributed by atoms with Gasteiger partial charge in [0, 0.05) is 39.8 Å². The van der Waals surface area contributed by atoms with Crippen LogP contribution in [0.25, 0.3) is 0 Å². The third-order valence-corrected chi connectivity index (χ3v) is 5.52.